The molecule has 41 heavy (non-hydrogen) atoms. The standard InChI is InChI=1S/C31H37N5O4S/c1-31(2)26(36-29(39)22-9-3-4-10-23(22)30(36)41-31)28(38)34-25(18-20-19-33-24-11-6-5-8-21(20)24)27(37)32-12-7-13-35-14-16-40-17-15-35/h3-6,8-11,19,25-26,30,33H,7,12-18H2,1-2H3,(H,32,37)(H,34,38)/t25-,26+,30+/m0/s1. The molecule has 0 bridgehead atoms. The molecule has 2 fully saturated rings. The lowest BCUT2D eigenvalue weighted by Gasteiger charge is -2.31. The van der Waals surface area contributed by atoms with Crippen LogP contribution in [0.1, 0.15) is 47.1 Å². The fourth-order valence-electron chi connectivity index (χ4n) is 6.25. The van der Waals surface area contributed by atoms with Gasteiger partial charge in [-0.15, -0.1) is 11.8 Å². The minimum atomic E-state index is -0.787. The molecule has 3 aliphatic rings. The molecule has 10 heteroatoms. The van der Waals surface area contributed by atoms with Crippen LogP contribution in [0.4, 0.5) is 0 Å². The van der Waals surface area contributed by atoms with Crippen molar-refractivity contribution >= 4 is 40.4 Å². The van der Waals surface area contributed by atoms with E-state index in [-0.39, 0.29) is 23.1 Å². The van der Waals surface area contributed by atoms with Crippen LogP contribution in [0.2, 0.25) is 0 Å². The highest BCUT2D eigenvalue weighted by Crippen LogP contribution is 2.56. The maximum atomic E-state index is 14.0. The number of aromatic amines is 1. The molecule has 0 radical (unpaired) electrons. The first kappa shape index (κ1) is 27.8. The van der Waals surface area contributed by atoms with Crippen molar-refractivity contribution in [3.05, 3.63) is 71.4 Å². The van der Waals surface area contributed by atoms with Crippen LogP contribution in [0, 0.1) is 0 Å². The highest BCUT2D eigenvalue weighted by molar-refractivity contribution is 8.01. The van der Waals surface area contributed by atoms with Gasteiger partial charge in [-0.1, -0.05) is 36.4 Å². The van der Waals surface area contributed by atoms with Gasteiger partial charge in [0, 0.05) is 53.5 Å². The third kappa shape index (κ3) is 5.48. The number of aromatic nitrogens is 1. The molecule has 0 unspecified atom stereocenters. The number of nitrogens with zero attached hydrogens (tertiary/aromatic N) is 2. The van der Waals surface area contributed by atoms with E-state index in [1.165, 1.54) is 0 Å². The number of carbonyl (C=O) groups excluding carboxylic acids is 3. The maximum Gasteiger partial charge on any atom is 0.256 e. The summed E-state index contributed by atoms with van der Waals surface area (Å²) in [7, 11) is 0. The summed E-state index contributed by atoms with van der Waals surface area (Å²) in [5.41, 5.74) is 3.53. The lowest BCUT2D eigenvalue weighted by Crippen LogP contribution is -2.57. The smallest absolute Gasteiger partial charge is 0.256 e. The predicted molar refractivity (Wildman–Crippen MR) is 160 cm³/mol. The van der Waals surface area contributed by atoms with Crippen LogP contribution in [0.15, 0.2) is 54.7 Å². The molecule has 3 amide bonds. The quantitative estimate of drug-likeness (QED) is 0.339. The number of hydrogen-bond acceptors (Lipinski definition) is 6. The number of carbonyl (C=O) groups is 3. The molecule has 3 N–H and O–H groups in total. The normalized spacial score (nSPS) is 22.4. The zero-order chi connectivity index (χ0) is 28.6. The maximum absolute atomic E-state index is 14.0. The highest BCUT2D eigenvalue weighted by atomic mass is 32.2. The number of H-pyrrole nitrogens is 1. The summed E-state index contributed by atoms with van der Waals surface area (Å²) in [4.78, 5) is 48.4. The highest BCUT2D eigenvalue weighted by Gasteiger charge is 2.57. The number of thioether (sulfide) groups is 1. The van der Waals surface area contributed by atoms with Crippen LogP contribution in [0.5, 0.6) is 0 Å². The Hall–Kier alpha value is -3.34. The SMILES string of the molecule is CC1(C)S[C@@H]2c3ccccc3C(=O)N2[C@@H]1C(=O)N[C@@H](Cc1c[nH]c2ccccc12)C(=O)NCCCN1CCOCC1. The van der Waals surface area contributed by atoms with Crippen molar-refractivity contribution in [1.29, 1.82) is 0 Å². The molecule has 3 aromatic rings. The number of benzene rings is 2. The molecule has 4 heterocycles. The second kappa shape index (κ2) is 11.5. The molecule has 1 aromatic heterocycles. The summed E-state index contributed by atoms with van der Waals surface area (Å²) in [6, 6.07) is 14.0. The van der Waals surface area contributed by atoms with Gasteiger partial charge in [0.2, 0.25) is 11.8 Å². The van der Waals surface area contributed by atoms with Crippen molar-refractivity contribution in [2.45, 2.75) is 48.9 Å². The predicted octanol–water partition coefficient (Wildman–Crippen LogP) is 3.08. The number of ether oxygens (including phenoxy) is 1. The van der Waals surface area contributed by atoms with Crippen LogP contribution in [-0.4, -0.2) is 88.7 Å². The van der Waals surface area contributed by atoms with Gasteiger partial charge in [0.25, 0.3) is 5.91 Å². The molecule has 216 valence electrons. The number of para-hydroxylation sites is 1. The van der Waals surface area contributed by atoms with Gasteiger partial charge >= 0.3 is 0 Å². The van der Waals surface area contributed by atoms with Gasteiger partial charge in [-0.3, -0.25) is 19.3 Å². The molecule has 0 saturated carbocycles. The first-order chi connectivity index (χ1) is 19.8. The number of morpholine rings is 1. The summed E-state index contributed by atoms with van der Waals surface area (Å²) >= 11 is 1.62. The molecule has 9 nitrogen and oxygen atoms in total. The molecule has 0 spiro atoms. The van der Waals surface area contributed by atoms with Crippen molar-refractivity contribution in [2.24, 2.45) is 0 Å². The first-order valence-corrected chi connectivity index (χ1v) is 15.2. The number of fused-ring (bicyclic) bond motifs is 4. The Balaban J connectivity index is 1.19. The summed E-state index contributed by atoms with van der Waals surface area (Å²) < 4.78 is 4.89. The van der Waals surface area contributed by atoms with E-state index in [0.29, 0.717) is 18.5 Å². The molecule has 2 saturated heterocycles. The fraction of sp³-hybridized carbons (Fsp3) is 0.452. The zero-order valence-corrected chi connectivity index (χ0v) is 24.3. The molecule has 3 aliphatic heterocycles. The van der Waals surface area contributed by atoms with Crippen LogP contribution in [-0.2, 0) is 20.7 Å². The van der Waals surface area contributed by atoms with Crippen molar-refractivity contribution in [1.82, 2.24) is 25.4 Å². The lowest BCUT2D eigenvalue weighted by atomic mass is 9.99. The van der Waals surface area contributed by atoms with Gasteiger partial charge in [0.05, 0.1) is 13.2 Å². The average molecular weight is 576 g/mol. The van der Waals surface area contributed by atoms with Gasteiger partial charge < -0.3 is 25.3 Å². The summed E-state index contributed by atoms with van der Waals surface area (Å²) in [6.45, 7) is 8.69. The minimum Gasteiger partial charge on any atom is -0.379 e. The van der Waals surface area contributed by atoms with E-state index in [1.807, 2.05) is 68.6 Å². The Morgan fingerprint density at radius 3 is 2.71 bits per heavy atom. The molecule has 0 aliphatic carbocycles. The van der Waals surface area contributed by atoms with Crippen molar-refractivity contribution in [3.8, 4) is 0 Å². The molecule has 3 atom stereocenters. The first-order valence-electron chi connectivity index (χ1n) is 14.4. The topological polar surface area (TPSA) is 107 Å². The van der Waals surface area contributed by atoms with E-state index in [0.717, 1.165) is 61.3 Å². The zero-order valence-electron chi connectivity index (χ0n) is 23.5. The van der Waals surface area contributed by atoms with E-state index in [9.17, 15) is 14.4 Å². The van der Waals surface area contributed by atoms with E-state index < -0.39 is 16.8 Å². The summed E-state index contributed by atoms with van der Waals surface area (Å²) in [6.07, 6.45) is 3.05. The monoisotopic (exact) mass is 575 g/mol. The number of rotatable bonds is 9. The summed E-state index contributed by atoms with van der Waals surface area (Å²) in [5, 5.41) is 6.93. The van der Waals surface area contributed by atoms with Crippen molar-refractivity contribution < 1.29 is 19.1 Å². The van der Waals surface area contributed by atoms with Crippen LogP contribution < -0.4 is 10.6 Å². The van der Waals surface area contributed by atoms with Gasteiger partial charge in [-0.25, -0.2) is 0 Å². The Morgan fingerprint density at radius 2 is 1.88 bits per heavy atom. The minimum absolute atomic E-state index is 0.135. The van der Waals surface area contributed by atoms with Gasteiger partial charge in [0.15, 0.2) is 0 Å². The fourth-order valence-corrected chi connectivity index (χ4v) is 7.84. The van der Waals surface area contributed by atoms with Crippen molar-refractivity contribution in [3.63, 3.8) is 0 Å². The second-order valence-corrected chi connectivity index (χ2v) is 13.2. The van der Waals surface area contributed by atoms with Crippen LogP contribution in [0.3, 0.4) is 0 Å². The number of hydrogen-bond donors (Lipinski definition) is 3. The Labute approximate surface area is 244 Å². The van der Waals surface area contributed by atoms with Gasteiger partial charge in [-0.2, -0.15) is 0 Å². The second-order valence-electron chi connectivity index (χ2n) is 11.5. The van der Waals surface area contributed by atoms with E-state index >= 15 is 0 Å². The van der Waals surface area contributed by atoms with Crippen LogP contribution >= 0.6 is 11.8 Å². The molecule has 2 aromatic carbocycles. The Bertz CT molecular complexity index is 1450. The van der Waals surface area contributed by atoms with E-state index in [4.69, 9.17) is 4.74 Å². The van der Waals surface area contributed by atoms with Crippen molar-refractivity contribution in [2.75, 3.05) is 39.4 Å². The largest absolute Gasteiger partial charge is 0.379 e. The van der Waals surface area contributed by atoms with Crippen LogP contribution in [0.25, 0.3) is 10.9 Å². The van der Waals surface area contributed by atoms with Gasteiger partial charge in [-0.05, 0) is 50.1 Å². The Kier molecular flexibility index (Phi) is 7.80. The molecular weight excluding hydrogens is 538 g/mol. The third-order valence-electron chi connectivity index (χ3n) is 8.33. The van der Waals surface area contributed by atoms with Gasteiger partial charge in [0.1, 0.15) is 17.5 Å². The molecular formula is C31H37N5O4S. The summed E-state index contributed by atoms with van der Waals surface area (Å²) in [5.74, 6) is -0.661. The van der Waals surface area contributed by atoms with E-state index in [2.05, 4.69) is 20.5 Å². The Morgan fingerprint density at radius 1 is 1.12 bits per heavy atom. The lowest BCUT2D eigenvalue weighted by molar-refractivity contribution is -0.131. The third-order valence-corrected chi connectivity index (χ3v) is 9.87. The average Bonchev–Trinajstić information content (AvgIpc) is 3.60. The molecule has 6 rings (SSSR count). The number of amides is 3. The van der Waals surface area contributed by atoms with E-state index in [1.54, 1.807) is 16.7 Å². The number of nitrogens with one attached hydrogen (secondary N) is 3.